The number of nitrogens with one attached hydrogen (secondary N) is 2. The second-order valence-corrected chi connectivity index (χ2v) is 6.78. The van der Waals surface area contributed by atoms with Crippen molar-refractivity contribution in [3.8, 4) is 0 Å². The van der Waals surface area contributed by atoms with Crippen molar-refractivity contribution in [3.05, 3.63) is 29.8 Å². The molecule has 106 valence electrons. The van der Waals surface area contributed by atoms with Gasteiger partial charge in [-0.15, -0.1) is 0 Å². The lowest BCUT2D eigenvalue weighted by atomic mass is 9.94. The van der Waals surface area contributed by atoms with Crippen LogP contribution in [-0.4, -0.2) is 21.0 Å². The smallest absolute Gasteiger partial charge is 0.240 e. The van der Waals surface area contributed by atoms with Crippen LogP contribution in [0.15, 0.2) is 29.2 Å². The van der Waals surface area contributed by atoms with Gasteiger partial charge >= 0.3 is 0 Å². The molecule has 19 heavy (non-hydrogen) atoms. The Morgan fingerprint density at radius 2 is 1.89 bits per heavy atom. The summed E-state index contributed by atoms with van der Waals surface area (Å²) in [5, 5.41) is 3.29. The highest BCUT2D eigenvalue weighted by atomic mass is 32.2. The van der Waals surface area contributed by atoms with Crippen molar-refractivity contribution in [1.82, 2.24) is 10.0 Å². The van der Waals surface area contributed by atoms with Gasteiger partial charge in [0, 0.05) is 12.6 Å². The Hall–Kier alpha value is -0.910. The summed E-state index contributed by atoms with van der Waals surface area (Å²) in [6.07, 6.45) is 4.13. The summed E-state index contributed by atoms with van der Waals surface area (Å²) in [6.45, 7) is 3.88. The molecule has 1 aromatic rings. The van der Waals surface area contributed by atoms with Gasteiger partial charge in [-0.25, -0.2) is 13.1 Å². The van der Waals surface area contributed by atoms with E-state index in [0.29, 0.717) is 4.90 Å². The molecule has 0 spiro atoms. The van der Waals surface area contributed by atoms with Gasteiger partial charge < -0.3 is 5.32 Å². The monoisotopic (exact) mass is 282 g/mol. The van der Waals surface area contributed by atoms with E-state index < -0.39 is 10.0 Å². The van der Waals surface area contributed by atoms with Crippen LogP contribution in [0.5, 0.6) is 0 Å². The minimum atomic E-state index is -3.33. The maximum atomic E-state index is 12.1. The van der Waals surface area contributed by atoms with Gasteiger partial charge in [0.15, 0.2) is 0 Å². The molecule has 0 saturated heterocycles. The summed E-state index contributed by atoms with van der Waals surface area (Å²) in [7, 11) is -3.33. The summed E-state index contributed by atoms with van der Waals surface area (Å²) >= 11 is 0. The first-order valence-electron chi connectivity index (χ1n) is 6.94. The first kappa shape index (κ1) is 14.5. The molecule has 0 heterocycles. The summed E-state index contributed by atoms with van der Waals surface area (Å²) in [6, 6.07) is 7.25. The quantitative estimate of drug-likeness (QED) is 0.752. The second-order valence-electron chi connectivity index (χ2n) is 5.07. The van der Waals surface area contributed by atoms with Gasteiger partial charge in [-0.1, -0.05) is 25.5 Å². The van der Waals surface area contributed by atoms with Gasteiger partial charge in [-0.2, -0.15) is 0 Å². The van der Waals surface area contributed by atoms with Gasteiger partial charge in [-0.05, 0) is 43.5 Å². The molecular weight excluding hydrogens is 260 g/mol. The Balaban J connectivity index is 1.96. The van der Waals surface area contributed by atoms with E-state index in [1.54, 1.807) is 12.1 Å². The van der Waals surface area contributed by atoms with Crippen LogP contribution in [0.1, 0.15) is 38.2 Å². The van der Waals surface area contributed by atoms with E-state index in [1.807, 2.05) is 12.1 Å². The van der Waals surface area contributed by atoms with E-state index in [1.165, 1.54) is 0 Å². The van der Waals surface area contributed by atoms with Gasteiger partial charge in [0.25, 0.3) is 0 Å². The minimum absolute atomic E-state index is 0.135. The van der Waals surface area contributed by atoms with Gasteiger partial charge in [-0.3, -0.25) is 0 Å². The zero-order valence-electron chi connectivity index (χ0n) is 11.4. The second kappa shape index (κ2) is 6.50. The van der Waals surface area contributed by atoms with Crippen LogP contribution in [0.3, 0.4) is 0 Å². The number of rotatable bonds is 7. The van der Waals surface area contributed by atoms with Crippen LogP contribution >= 0.6 is 0 Å². The van der Waals surface area contributed by atoms with E-state index in [9.17, 15) is 8.42 Å². The molecular formula is C14H22N2O2S. The highest BCUT2D eigenvalue weighted by Crippen LogP contribution is 2.21. The van der Waals surface area contributed by atoms with Gasteiger partial charge in [0.05, 0.1) is 4.90 Å². The van der Waals surface area contributed by atoms with Gasteiger partial charge in [0.2, 0.25) is 10.0 Å². The fraction of sp³-hybridized carbons (Fsp3) is 0.571. The standard InChI is InChI=1S/C14H22N2O2S/c1-2-10-15-11-12-6-8-14(9-7-12)19(17,18)16-13-4-3-5-13/h6-9,13,15-16H,2-5,10-11H2,1H3. The van der Waals surface area contributed by atoms with Crippen LogP contribution in [0, 0.1) is 0 Å². The number of hydrogen-bond acceptors (Lipinski definition) is 3. The molecule has 0 unspecified atom stereocenters. The fourth-order valence-corrected chi connectivity index (χ4v) is 3.31. The predicted octanol–water partition coefficient (Wildman–Crippen LogP) is 2.02. The Bertz CT molecular complexity index is 493. The molecule has 0 aromatic heterocycles. The maximum absolute atomic E-state index is 12.1. The van der Waals surface area contributed by atoms with Crippen molar-refractivity contribution in [2.75, 3.05) is 6.54 Å². The molecule has 0 bridgehead atoms. The summed E-state index contributed by atoms with van der Waals surface area (Å²) in [5.41, 5.74) is 1.11. The zero-order chi connectivity index (χ0) is 13.7. The largest absolute Gasteiger partial charge is 0.313 e. The Kier molecular flexibility index (Phi) is 4.96. The van der Waals surface area contributed by atoms with Crippen LogP contribution in [-0.2, 0) is 16.6 Å². The average molecular weight is 282 g/mol. The van der Waals surface area contributed by atoms with Crippen molar-refractivity contribution in [3.63, 3.8) is 0 Å². The summed E-state index contributed by atoms with van der Waals surface area (Å²) in [4.78, 5) is 0.360. The topological polar surface area (TPSA) is 58.2 Å². The molecule has 5 heteroatoms. The van der Waals surface area contributed by atoms with E-state index in [2.05, 4.69) is 17.0 Å². The van der Waals surface area contributed by atoms with Crippen molar-refractivity contribution in [1.29, 1.82) is 0 Å². The highest BCUT2D eigenvalue weighted by Gasteiger charge is 2.24. The molecule has 0 atom stereocenters. The highest BCUT2D eigenvalue weighted by molar-refractivity contribution is 7.89. The van der Waals surface area contributed by atoms with E-state index in [0.717, 1.165) is 44.3 Å². The predicted molar refractivity (Wildman–Crippen MR) is 76.4 cm³/mol. The third-order valence-electron chi connectivity index (χ3n) is 3.42. The Morgan fingerprint density at radius 3 is 2.42 bits per heavy atom. The first-order valence-corrected chi connectivity index (χ1v) is 8.42. The zero-order valence-corrected chi connectivity index (χ0v) is 12.2. The first-order chi connectivity index (χ1) is 9.12. The SMILES string of the molecule is CCCNCc1ccc(S(=O)(=O)NC2CCC2)cc1. The molecule has 1 aliphatic carbocycles. The molecule has 2 rings (SSSR count). The summed E-state index contributed by atoms with van der Waals surface area (Å²) in [5.74, 6) is 0. The molecule has 0 radical (unpaired) electrons. The number of benzene rings is 1. The normalized spacial score (nSPS) is 16.3. The molecule has 1 aliphatic rings. The third kappa shape index (κ3) is 4.03. The molecule has 1 saturated carbocycles. The van der Waals surface area contributed by atoms with E-state index >= 15 is 0 Å². The summed E-state index contributed by atoms with van der Waals surface area (Å²) < 4.78 is 26.9. The molecule has 1 aromatic carbocycles. The number of hydrogen-bond donors (Lipinski definition) is 2. The van der Waals surface area contributed by atoms with Gasteiger partial charge in [0.1, 0.15) is 0 Å². The van der Waals surface area contributed by atoms with Crippen LogP contribution in [0.25, 0.3) is 0 Å². The third-order valence-corrected chi connectivity index (χ3v) is 4.95. The lowest BCUT2D eigenvalue weighted by Gasteiger charge is -2.26. The van der Waals surface area contributed by atoms with Crippen LogP contribution in [0.2, 0.25) is 0 Å². The maximum Gasteiger partial charge on any atom is 0.240 e. The molecule has 4 nitrogen and oxygen atoms in total. The number of sulfonamides is 1. The minimum Gasteiger partial charge on any atom is -0.313 e. The van der Waals surface area contributed by atoms with Crippen molar-refractivity contribution >= 4 is 10.0 Å². The van der Waals surface area contributed by atoms with E-state index in [-0.39, 0.29) is 6.04 Å². The van der Waals surface area contributed by atoms with E-state index in [4.69, 9.17) is 0 Å². The molecule has 2 N–H and O–H groups in total. The molecule has 0 aliphatic heterocycles. The van der Waals surface area contributed by atoms with Crippen molar-refractivity contribution < 1.29 is 8.42 Å². The Morgan fingerprint density at radius 1 is 1.21 bits per heavy atom. The Labute approximate surface area is 115 Å². The lowest BCUT2D eigenvalue weighted by molar-refractivity contribution is 0.383. The van der Waals surface area contributed by atoms with Crippen LogP contribution < -0.4 is 10.0 Å². The lowest BCUT2D eigenvalue weighted by Crippen LogP contribution is -2.39. The average Bonchev–Trinajstić information content (AvgIpc) is 2.35. The van der Waals surface area contributed by atoms with Crippen LogP contribution in [0.4, 0.5) is 0 Å². The molecule has 1 fully saturated rings. The fourth-order valence-electron chi connectivity index (χ4n) is 2.01. The van der Waals surface area contributed by atoms with Crippen molar-refractivity contribution in [2.24, 2.45) is 0 Å². The van der Waals surface area contributed by atoms with Crippen molar-refractivity contribution in [2.45, 2.75) is 50.1 Å². The molecule has 0 amide bonds.